The topological polar surface area (TPSA) is 72.7 Å². The summed E-state index contributed by atoms with van der Waals surface area (Å²) < 4.78 is 13.2. The van der Waals surface area contributed by atoms with Crippen molar-refractivity contribution in [2.24, 2.45) is 0 Å². The number of para-hydroxylation sites is 4. The Morgan fingerprint density at radius 1 is 0.795 bits per heavy atom. The molecule has 8 nitrogen and oxygen atoms in total. The van der Waals surface area contributed by atoms with Crippen LogP contribution in [0.2, 0.25) is 0 Å². The van der Waals surface area contributed by atoms with Gasteiger partial charge in [0, 0.05) is 43.9 Å². The Balaban J connectivity index is 1.20. The van der Waals surface area contributed by atoms with Gasteiger partial charge in [0.2, 0.25) is 5.91 Å². The van der Waals surface area contributed by atoms with Gasteiger partial charge in [0.1, 0.15) is 11.5 Å². The molecule has 39 heavy (non-hydrogen) atoms. The van der Waals surface area contributed by atoms with E-state index in [0.717, 1.165) is 64.7 Å². The lowest BCUT2D eigenvalue weighted by Crippen LogP contribution is -2.48. The standard InChI is InChI=1S/C30H33N5O3S/c1-37-26-15-8-6-13-24(26)33-18-20-34(21-19-33)28(36)17-10-22-39-30-32-31-29(23-11-4-3-5-12-23)35(30)25-14-7-9-16-27(25)38-2/h3-9,11-16H,10,17-22H2,1-2H3. The SMILES string of the molecule is COc1ccccc1N1CCN(C(=O)CCCSc2nnc(-c3ccccc3)n2-c2ccccc2OC)CC1. The summed E-state index contributed by atoms with van der Waals surface area (Å²) in [5, 5.41) is 9.80. The summed E-state index contributed by atoms with van der Waals surface area (Å²) in [4.78, 5) is 17.2. The lowest BCUT2D eigenvalue weighted by molar-refractivity contribution is -0.131. The number of anilines is 1. The molecule has 0 saturated carbocycles. The third-order valence-corrected chi connectivity index (χ3v) is 7.83. The average molecular weight is 544 g/mol. The summed E-state index contributed by atoms with van der Waals surface area (Å²) in [6, 6.07) is 25.9. The van der Waals surface area contributed by atoms with Crippen molar-refractivity contribution >= 4 is 23.4 Å². The maximum atomic E-state index is 13.0. The minimum Gasteiger partial charge on any atom is -0.495 e. The molecular formula is C30H33N5O3S. The number of carbonyl (C=O) groups excluding carboxylic acids is 1. The first kappa shape index (κ1) is 26.6. The molecule has 5 rings (SSSR count). The van der Waals surface area contributed by atoms with Gasteiger partial charge in [-0.05, 0) is 30.7 Å². The molecule has 0 radical (unpaired) electrons. The van der Waals surface area contributed by atoms with E-state index < -0.39 is 0 Å². The van der Waals surface area contributed by atoms with Crippen LogP contribution in [0, 0.1) is 0 Å². The normalized spacial score (nSPS) is 13.4. The number of benzene rings is 3. The fraction of sp³-hybridized carbons (Fsp3) is 0.300. The van der Waals surface area contributed by atoms with Gasteiger partial charge in [0.25, 0.3) is 0 Å². The summed E-state index contributed by atoms with van der Waals surface area (Å²) in [7, 11) is 3.36. The average Bonchev–Trinajstić information content (AvgIpc) is 3.43. The second-order valence-corrected chi connectivity index (χ2v) is 10.2. The van der Waals surface area contributed by atoms with Crippen molar-refractivity contribution in [1.29, 1.82) is 0 Å². The maximum absolute atomic E-state index is 13.0. The van der Waals surface area contributed by atoms with Gasteiger partial charge in [0.05, 0.1) is 25.6 Å². The Kier molecular flexibility index (Phi) is 8.68. The van der Waals surface area contributed by atoms with Crippen molar-refractivity contribution in [1.82, 2.24) is 19.7 Å². The molecule has 0 aliphatic carbocycles. The molecule has 4 aromatic rings. The molecule has 0 atom stereocenters. The van der Waals surface area contributed by atoms with Gasteiger partial charge in [-0.2, -0.15) is 0 Å². The molecular weight excluding hydrogens is 510 g/mol. The quantitative estimate of drug-likeness (QED) is 0.202. The Hall–Kier alpha value is -3.98. The van der Waals surface area contributed by atoms with Crippen LogP contribution in [0.5, 0.6) is 11.5 Å². The van der Waals surface area contributed by atoms with E-state index in [0.29, 0.717) is 19.5 Å². The number of thioether (sulfide) groups is 1. The van der Waals surface area contributed by atoms with Crippen molar-refractivity contribution in [3.63, 3.8) is 0 Å². The minimum absolute atomic E-state index is 0.200. The zero-order chi connectivity index (χ0) is 27.0. The van der Waals surface area contributed by atoms with E-state index in [4.69, 9.17) is 9.47 Å². The summed E-state index contributed by atoms with van der Waals surface area (Å²) in [5.41, 5.74) is 2.94. The molecule has 1 fully saturated rings. The Morgan fingerprint density at radius 3 is 2.10 bits per heavy atom. The smallest absolute Gasteiger partial charge is 0.222 e. The maximum Gasteiger partial charge on any atom is 0.222 e. The van der Waals surface area contributed by atoms with Gasteiger partial charge in [-0.3, -0.25) is 9.36 Å². The zero-order valence-electron chi connectivity index (χ0n) is 22.3. The van der Waals surface area contributed by atoms with Crippen molar-refractivity contribution in [3.8, 4) is 28.6 Å². The third-order valence-electron chi connectivity index (χ3n) is 6.82. The Labute approximate surface area is 233 Å². The van der Waals surface area contributed by atoms with Gasteiger partial charge >= 0.3 is 0 Å². The highest BCUT2D eigenvalue weighted by Gasteiger charge is 2.23. The molecule has 0 spiro atoms. The van der Waals surface area contributed by atoms with Gasteiger partial charge < -0.3 is 19.3 Å². The highest BCUT2D eigenvalue weighted by molar-refractivity contribution is 7.99. The van der Waals surface area contributed by atoms with Crippen LogP contribution in [-0.2, 0) is 4.79 Å². The number of aromatic nitrogens is 3. The Morgan fingerprint density at radius 2 is 1.41 bits per heavy atom. The van der Waals surface area contributed by atoms with Crippen LogP contribution in [-0.4, -0.2) is 71.7 Å². The van der Waals surface area contributed by atoms with E-state index in [1.807, 2.05) is 82.3 Å². The van der Waals surface area contributed by atoms with Crippen molar-refractivity contribution in [2.75, 3.05) is 51.1 Å². The first-order valence-electron chi connectivity index (χ1n) is 13.1. The summed E-state index contributed by atoms with van der Waals surface area (Å²) in [5.74, 6) is 3.33. The van der Waals surface area contributed by atoms with Crippen molar-refractivity contribution in [2.45, 2.75) is 18.0 Å². The van der Waals surface area contributed by atoms with E-state index in [2.05, 4.69) is 21.2 Å². The van der Waals surface area contributed by atoms with Gasteiger partial charge in [-0.25, -0.2) is 0 Å². The second kappa shape index (κ2) is 12.7. The van der Waals surface area contributed by atoms with E-state index in [-0.39, 0.29) is 5.91 Å². The highest BCUT2D eigenvalue weighted by Crippen LogP contribution is 2.33. The van der Waals surface area contributed by atoms with Crippen LogP contribution in [0.1, 0.15) is 12.8 Å². The molecule has 1 aliphatic heterocycles. The highest BCUT2D eigenvalue weighted by atomic mass is 32.2. The molecule has 9 heteroatoms. The minimum atomic E-state index is 0.200. The van der Waals surface area contributed by atoms with E-state index in [9.17, 15) is 4.79 Å². The lowest BCUT2D eigenvalue weighted by atomic mass is 10.2. The molecule has 0 unspecified atom stereocenters. The number of ether oxygens (including phenoxy) is 2. The first-order valence-corrected chi connectivity index (χ1v) is 14.1. The molecule has 0 N–H and O–H groups in total. The molecule has 2 heterocycles. The van der Waals surface area contributed by atoms with Crippen LogP contribution < -0.4 is 14.4 Å². The fourth-order valence-electron chi connectivity index (χ4n) is 4.80. The van der Waals surface area contributed by atoms with Gasteiger partial charge in [-0.1, -0.05) is 66.4 Å². The van der Waals surface area contributed by atoms with Crippen LogP contribution in [0.4, 0.5) is 5.69 Å². The van der Waals surface area contributed by atoms with E-state index >= 15 is 0 Å². The third kappa shape index (κ3) is 6.04. The number of hydrogen-bond donors (Lipinski definition) is 0. The molecule has 3 aromatic carbocycles. The second-order valence-electron chi connectivity index (χ2n) is 9.17. The Bertz CT molecular complexity index is 1390. The van der Waals surface area contributed by atoms with Crippen molar-refractivity contribution < 1.29 is 14.3 Å². The largest absolute Gasteiger partial charge is 0.495 e. The number of piperazine rings is 1. The summed E-state index contributed by atoms with van der Waals surface area (Å²) >= 11 is 1.61. The van der Waals surface area contributed by atoms with Crippen LogP contribution >= 0.6 is 11.8 Å². The van der Waals surface area contributed by atoms with Crippen LogP contribution in [0.3, 0.4) is 0 Å². The first-order chi connectivity index (χ1) is 19.2. The number of methoxy groups -OCH3 is 2. The number of amides is 1. The van der Waals surface area contributed by atoms with Crippen LogP contribution in [0.15, 0.2) is 84.0 Å². The zero-order valence-corrected chi connectivity index (χ0v) is 23.1. The van der Waals surface area contributed by atoms with Gasteiger partial charge in [-0.15, -0.1) is 10.2 Å². The van der Waals surface area contributed by atoms with Crippen molar-refractivity contribution in [3.05, 3.63) is 78.9 Å². The van der Waals surface area contributed by atoms with E-state index in [1.54, 1.807) is 26.0 Å². The van der Waals surface area contributed by atoms with E-state index in [1.165, 1.54) is 0 Å². The number of rotatable bonds is 10. The monoisotopic (exact) mass is 543 g/mol. The fourth-order valence-corrected chi connectivity index (χ4v) is 5.69. The number of hydrogen-bond acceptors (Lipinski definition) is 7. The summed E-state index contributed by atoms with van der Waals surface area (Å²) in [6.45, 7) is 3.02. The molecule has 1 aromatic heterocycles. The predicted octanol–water partition coefficient (Wildman–Crippen LogP) is 5.17. The van der Waals surface area contributed by atoms with Crippen LogP contribution in [0.25, 0.3) is 17.1 Å². The predicted molar refractivity (Wildman–Crippen MR) is 155 cm³/mol. The molecule has 1 aliphatic rings. The van der Waals surface area contributed by atoms with Gasteiger partial charge in [0.15, 0.2) is 11.0 Å². The number of nitrogens with zero attached hydrogens (tertiary/aromatic N) is 5. The summed E-state index contributed by atoms with van der Waals surface area (Å²) in [6.07, 6.45) is 1.27. The number of carbonyl (C=O) groups is 1. The molecule has 202 valence electrons. The molecule has 1 saturated heterocycles. The molecule has 1 amide bonds. The lowest BCUT2D eigenvalue weighted by Gasteiger charge is -2.36. The molecule has 0 bridgehead atoms.